The van der Waals surface area contributed by atoms with E-state index in [9.17, 15) is 4.79 Å². The molecule has 0 saturated heterocycles. The predicted octanol–water partition coefficient (Wildman–Crippen LogP) is 1.64. The van der Waals surface area contributed by atoms with Gasteiger partial charge in [0, 0.05) is 11.9 Å². The monoisotopic (exact) mass is 210 g/mol. The number of hydrogen-bond donors (Lipinski definition) is 2. The number of carbonyl (C=O) groups is 1. The Hall–Kier alpha value is -1.23. The molecule has 0 fully saturated rings. The number of hydrogen-bond acceptors (Lipinski definition) is 3. The molecule has 0 radical (unpaired) electrons. The van der Waals surface area contributed by atoms with E-state index in [1.54, 1.807) is 6.20 Å². The Kier molecular flexibility index (Phi) is 2.33. The maximum atomic E-state index is 11.0. The summed E-state index contributed by atoms with van der Waals surface area (Å²) in [6.07, 6.45) is 4.15. The Bertz CT molecular complexity index is 427. The minimum Gasteiger partial charge on any atom is -0.481 e. The van der Waals surface area contributed by atoms with E-state index in [0.29, 0.717) is 11.2 Å². The molecule has 74 valence electrons. The van der Waals surface area contributed by atoms with E-state index >= 15 is 0 Å². The number of fused-ring (bicyclic) bond motifs is 1. The zero-order chi connectivity index (χ0) is 10.1. The van der Waals surface area contributed by atoms with Crippen molar-refractivity contribution in [2.45, 2.75) is 25.2 Å². The lowest BCUT2D eigenvalue weighted by Gasteiger charge is -2.20. The van der Waals surface area contributed by atoms with Gasteiger partial charge < -0.3 is 10.1 Å². The Balaban J connectivity index is 2.52. The standard InChI is InChI=1S/C9H10N2O2S/c12-8(13)6-3-1-2-5-4-10-9(14)11-7(5)6/h4,6H,1-3H2,(H,12,13)(H,10,11,14). The molecule has 0 amide bonds. The number of carboxylic acid groups (broad SMARTS) is 1. The van der Waals surface area contributed by atoms with Crippen molar-refractivity contribution in [1.82, 2.24) is 9.97 Å². The number of carboxylic acids is 1. The summed E-state index contributed by atoms with van der Waals surface area (Å²) in [7, 11) is 0. The molecule has 0 bridgehead atoms. The molecule has 1 aromatic heterocycles. The van der Waals surface area contributed by atoms with Crippen LogP contribution in [0.2, 0.25) is 0 Å². The molecule has 0 spiro atoms. The van der Waals surface area contributed by atoms with Crippen LogP contribution in [0.4, 0.5) is 0 Å². The number of aromatic nitrogens is 2. The Morgan fingerprint density at radius 3 is 3.21 bits per heavy atom. The van der Waals surface area contributed by atoms with Crippen molar-refractivity contribution in [2.24, 2.45) is 0 Å². The molecule has 0 saturated carbocycles. The summed E-state index contributed by atoms with van der Waals surface area (Å²) in [6.45, 7) is 0. The van der Waals surface area contributed by atoms with Crippen LogP contribution in [0, 0.1) is 4.77 Å². The van der Waals surface area contributed by atoms with Crippen LogP contribution >= 0.6 is 12.2 Å². The van der Waals surface area contributed by atoms with Crippen LogP contribution in [0.1, 0.15) is 30.0 Å². The third kappa shape index (κ3) is 1.55. The molecule has 14 heavy (non-hydrogen) atoms. The first-order valence-corrected chi connectivity index (χ1v) is 4.90. The summed E-state index contributed by atoms with van der Waals surface area (Å²) in [6, 6.07) is 0. The largest absolute Gasteiger partial charge is 0.481 e. The lowest BCUT2D eigenvalue weighted by Crippen LogP contribution is -2.19. The van der Waals surface area contributed by atoms with Gasteiger partial charge >= 0.3 is 5.97 Å². The smallest absolute Gasteiger partial charge is 0.312 e. The van der Waals surface area contributed by atoms with Gasteiger partial charge in [0.2, 0.25) is 0 Å². The zero-order valence-corrected chi connectivity index (χ0v) is 8.30. The molecule has 4 nitrogen and oxygen atoms in total. The van der Waals surface area contributed by atoms with Crippen molar-refractivity contribution in [3.8, 4) is 0 Å². The van der Waals surface area contributed by atoms with Crippen LogP contribution in [0.15, 0.2) is 6.20 Å². The molecule has 1 aromatic rings. The molecule has 1 aliphatic carbocycles. The normalized spacial score (nSPS) is 20.1. The fraction of sp³-hybridized carbons (Fsp3) is 0.444. The van der Waals surface area contributed by atoms with Crippen molar-refractivity contribution < 1.29 is 9.90 Å². The van der Waals surface area contributed by atoms with E-state index in [-0.39, 0.29) is 0 Å². The average molecular weight is 210 g/mol. The third-order valence-corrected chi connectivity index (χ3v) is 2.72. The van der Waals surface area contributed by atoms with Crippen LogP contribution in [0.25, 0.3) is 0 Å². The number of aromatic amines is 1. The highest BCUT2D eigenvalue weighted by molar-refractivity contribution is 7.71. The predicted molar refractivity (Wildman–Crippen MR) is 52.7 cm³/mol. The van der Waals surface area contributed by atoms with Crippen LogP contribution in [-0.2, 0) is 11.2 Å². The van der Waals surface area contributed by atoms with Gasteiger partial charge in [0.05, 0.1) is 5.92 Å². The zero-order valence-electron chi connectivity index (χ0n) is 7.49. The molecular weight excluding hydrogens is 200 g/mol. The van der Waals surface area contributed by atoms with Gasteiger partial charge in [-0.1, -0.05) is 0 Å². The van der Waals surface area contributed by atoms with Gasteiger partial charge in [0.25, 0.3) is 0 Å². The van der Waals surface area contributed by atoms with E-state index in [0.717, 1.165) is 24.1 Å². The van der Waals surface area contributed by atoms with Crippen LogP contribution in [0.3, 0.4) is 0 Å². The molecule has 1 atom stereocenters. The van der Waals surface area contributed by atoms with E-state index in [2.05, 4.69) is 9.97 Å². The van der Waals surface area contributed by atoms with Crippen molar-refractivity contribution in [3.05, 3.63) is 22.2 Å². The number of aryl methyl sites for hydroxylation is 1. The van der Waals surface area contributed by atoms with E-state index in [1.807, 2.05) is 0 Å². The number of H-pyrrole nitrogens is 1. The van der Waals surface area contributed by atoms with E-state index in [1.165, 1.54) is 0 Å². The third-order valence-electron chi connectivity index (χ3n) is 2.51. The van der Waals surface area contributed by atoms with Gasteiger partial charge in [-0.15, -0.1) is 0 Å². The summed E-state index contributed by atoms with van der Waals surface area (Å²) in [5, 5.41) is 9.00. The number of rotatable bonds is 1. The average Bonchev–Trinajstić information content (AvgIpc) is 2.16. The molecular formula is C9H10N2O2S. The van der Waals surface area contributed by atoms with Gasteiger partial charge in [-0.2, -0.15) is 0 Å². The SMILES string of the molecule is O=C(O)C1CCCc2cnc(=S)[nH]c21. The maximum Gasteiger partial charge on any atom is 0.312 e. The minimum absolute atomic E-state index is 0.358. The molecule has 0 aromatic carbocycles. The first-order valence-electron chi connectivity index (χ1n) is 4.49. The van der Waals surface area contributed by atoms with Gasteiger partial charge in [-0.3, -0.25) is 4.79 Å². The van der Waals surface area contributed by atoms with E-state index < -0.39 is 11.9 Å². The lowest BCUT2D eigenvalue weighted by atomic mass is 9.87. The summed E-state index contributed by atoms with van der Waals surface area (Å²) in [4.78, 5) is 17.8. The Morgan fingerprint density at radius 2 is 2.50 bits per heavy atom. The molecule has 2 N–H and O–H groups in total. The molecule has 2 rings (SSSR count). The summed E-state index contributed by atoms with van der Waals surface area (Å²) >= 11 is 4.88. The summed E-state index contributed by atoms with van der Waals surface area (Å²) in [5.74, 6) is -1.23. The van der Waals surface area contributed by atoms with Gasteiger partial charge in [0.1, 0.15) is 0 Å². The number of nitrogens with one attached hydrogen (secondary N) is 1. The van der Waals surface area contributed by atoms with Gasteiger partial charge in [0.15, 0.2) is 4.77 Å². The second kappa shape index (κ2) is 3.49. The Labute approximate surface area is 86.0 Å². The lowest BCUT2D eigenvalue weighted by molar-refractivity contribution is -0.139. The summed E-state index contributed by atoms with van der Waals surface area (Å²) < 4.78 is 0.358. The van der Waals surface area contributed by atoms with Crippen molar-refractivity contribution >= 4 is 18.2 Å². The van der Waals surface area contributed by atoms with Crippen LogP contribution in [0.5, 0.6) is 0 Å². The fourth-order valence-electron chi connectivity index (χ4n) is 1.83. The number of nitrogens with zero attached hydrogens (tertiary/aromatic N) is 1. The van der Waals surface area contributed by atoms with Crippen molar-refractivity contribution in [1.29, 1.82) is 0 Å². The molecule has 1 aliphatic rings. The molecule has 0 aliphatic heterocycles. The van der Waals surface area contributed by atoms with Crippen molar-refractivity contribution in [3.63, 3.8) is 0 Å². The molecule has 1 unspecified atom stereocenters. The fourth-order valence-corrected chi connectivity index (χ4v) is 1.99. The highest BCUT2D eigenvalue weighted by atomic mass is 32.1. The van der Waals surface area contributed by atoms with Gasteiger partial charge in [-0.05, 0) is 37.0 Å². The second-order valence-corrected chi connectivity index (χ2v) is 3.80. The summed E-state index contributed by atoms with van der Waals surface area (Å²) in [5.41, 5.74) is 1.72. The van der Waals surface area contributed by atoms with E-state index in [4.69, 9.17) is 17.3 Å². The maximum absolute atomic E-state index is 11.0. The second-order valence-electron chi connectivity index (χ2n) is 3.41. The molecule has 1 heterocycles. The highest BCUT2D eigenvalue weighted by Crippen LogP contribution is 2.29. The first-order chi connectivity index (χ1) is 6.68. The Morgan fingerprint density at radius 1 is 1.71 bits per heavy atom. The first kappa shape index (κ1) is 9.33. The van der Waals surface area contributed by atoms with Gasteiger partial charge in [-0.25, -0.2) is 4.98 Å². The number of aliphatic carboxylic acids is 1. The van der Waals surface area contributed by atoms with Crippen LogP contribution < -0.4 is 0 Å². The van der Waals surface area contributed by atoms with Crippen molar-refractivity contribution in [2.75, 3.05) is 0 Å². The minimum atomic E-state index is -0.789. The van der Waals surface area contributed by atoms with Crippen LogP contribution in [-0.4, -0.2) is 21.0 Å². The topological polar surface area (TPSA) is 66.0 Å². The highest BCUT2D eigenvalue weighted by Gasteiger charge is 2.26. The quantitative estimate of drug-likeness (QED) is 0.691. The molecule has 5 heteroatoms.